The first-order valence-corrected chi connectivity index (χ1v) is 9.63. The molecule has 1 fully saturated rings. The van der Waals surface area contributed by atoms with E-state index >= 15 is 0 Å². The lowest BCUT2D eigenvalue weighted by Gasteiger charge is -2.25. The molecule has 5 heteroatoms. The maximum absolute atomic E-state index is 5.88. The summed E-state index contributed by atoms with van der Waals surface area (Å²) in [4.78, 5) is 11.3. The van der Waals surface area contributed by atoms with Gasteiger partial charge < -0.3 is 9.30 Å². The van der Waals surface area contributed by atoms with Gasteiger partial charge in [0.25, 0.3) is 0 Å². The van der Waals surface area contributed by atoms with Crippen molar-refractivity contribution in [3.63, 3.8) is 0 Å². The predicted octanol–water partition coefficient (Wildman–Crippen LogP) is 3.51. The zero-order chi connectivity index (χ0) is 18.3. The van der Waals surface area contributed by atoms with Crippen LogP contribution in [0, 0.1) is 0 Å². The summed E-state index contributed by atoms with van der Waals surface area (Å²) >= 11 is 0. The van der Waals surface area contributed by atoms with Crippen molar-refractivity contribution < 1.29 is 4.74 Å². The van der Waals surface area contributed by atoms with Crippen LogP contribution < -0.4 is 0 Å². The quantitative estimate of drug-likeness (QED) is 0.615. The summed E-state index contributed by atoms with van der Waals surface area (Å²) in [6, 6.07) is 16.6. The van der Waals surface area contributed by atoms with E-state index in [1.54, 1.807) is 0 Å². The lowest BCUT2D eigenvalue weighted by Crippen LogP contribution is -2.32. The molecule has 1 aliphatic heterocycles. The van der Waals surface area contributed by atoms with Crippen LogP contribution in [0.15, 0.2) is 67.3 Å². The zero-order valence-electron chi connectivity index (χ0n) is 15.6. The Kier molecular flexibility index (Phi) is 5.92. The number of hydrogen-bond acceptors (Lipinski definition) is 4. The minimum Gasteiger partial charge on any atom is -0.377 e. The molecule has 0 aliphatic carbocycles. The molecule has 27 heavy (non-hydrogen) atoms. The van der Waals surface area contributed by atoms with E-state index in [1.165, 1.54) is 11.3 Å². The van der Waals surface area contributed by atoms with E-state index in [-0.39, 0.29) is 0 Å². The number of rotatable bonds is 8. The Morgan fingerprint density at radius 2 is 1.96 bits per heavy atom. The molecular weight excluding hydrogens is 336 g/mol. The lowest BCUT2D eigenvalue weighted by atomic mass is 10.2. The summed E-state index contributed by atoms with van der Waals surface area (Å²) in [5, 5.41) is 0. The molecule has 0 saturated carbocycles. The van der Waals surface area contributed by atoms with E-state index in [4.69, 9.17) is 4.74 Å². The third-order valence-electron chi connectivity index (χ3n) is 4.98. The van der Waals surface area contributed by atoms with Gasteiger partial charge in [-0.2, -0.15) is 0 Å². The molecule has 0 bridgehead atoms. The average molecular weight is 362 g/mol. The van der Waals surface area contributed by atoms with Crippen LogP contribution in [-0.4, -0.2) is 38.7 Å². The summed E-state index contributed by atoms with van der Waals surface area (Å²) in [7, 11) is 0. The Morgan fingerprint density at radius 1 is 1.07 bits per heavy atom. The van der Waals surface area contributed by atoms with Crippen LogP contribution in [0.4, 0.5) is 0 Å². The standard InChI is InChI=1S/C22H26N4O/c1-2-7-19(8-3-1)14-26-18-23-13-21(26)16-25(17-22-10-6-12-27-22)15-20-9-4-5-11-24-20/h1-5,7-9,11,13,18,22H,6,10,12,14-17H2/t22-/m0/s1. The minimum atomic E-state index is 0.319. The number of benzene rings is 1. The molecule has 3 heterocycles. The van der Waals surface area contributed by atoms with Crippen LogP contribution in [-0.2, 0) is 24.4 Å². The van der Waals surface area contributed by atoms with Crippen LogP contribution in [0.25, 0.3) is 0 Å². The van der Waals surface area contributed by atoms with Crippen molar-refractivity contribution in [3.8, 4) is 0 Å². The van der Waals surface area contributed by atoms with E-state index < -0.39 is 0 Å². The first kappa shape index (κ1) is 17.9. The van der Waals surface area contributed by atoms with E-state index in [9.17, 15) is 0 Å². The van der Waals surface area contributed by atoms with Crippen molar-refractivity contribution >= 4 is 0 Å². The van der Waals surface area contributed by atoms with Crippen LogP contribution in [0.2, 0.25) is 0 Å². The van der Waals surface area contributed by atoms with Crippen LogP contribution in [0.1, 0.15) is 29.8 Å². The molecule has 3 aromatic rings. The third-order valence-corrected chi connectivity index (χ3v) is 4.98. The minimum absolute atomic E-state index is 0.319. The van der Waals surface area contributed by atoms with Crippen molar-refractivity contribution in [2.45, 2.75) is 38.6 Å². The van der Waals surface area contributed by atoms with Gasteiger partial charge in [-0.15, -0.1) is 0 Å². The van der Waals surface area contributed by atoms with Crippen molar-refractivity contribution in [2.75, 3.05) is 13.2 Å². The summed E-state index contributed by atoms with van der Waals surface area (Å²) in [5.41, 5.74) is 3.59. The molecule has 5 nitrogen and oxygen atoms in total. The molecule has 1 aliphatic rings. The fourth-order valence-electron chi connectivity index (χ4n) is 3.61. The number of nitrogens with zero attached hydrogens (tertiary/aromatic N) is 4. The molecular formula is C22H26N4O. The Balaban J connectivity index is 1.48. The number of aromatic nitrogens is 3. The topological polar surface area (TPSA) is 43.2 Å². The number of ether oxygens (including phenoxy) is 1. The fourth-order valence-corrected chi connectivity index (χ4v) is 3.61. The first-order valence-electron chi connectivity index (χ1n) is 9.63. The molecule has 2 aromatic heterocycles. The van der Waals surface area contributed by atoms with E-state index in [0.717, 1.165) is 51.3 Å². The molecule has 140 valence electrons. The molecule has 0 unspecified atom stereocenters. The van der Waals surface area contributed by atoms with Crippen molar-refractivity contribution in [1.82, 2.24) is 19.4 Å². The highest BCUT2D eigenvalue weighted by Crippen LogP contribution is 2.17. The summed E-state index contributed by atoms with van der Waals surface area (Å²) < 4.78 is 8.11. The highest BCUT2D eigenvalue weighted by molar-refractivity contribution is 5.16. The first-order chi connectivity index (χ1) is 13.4. The summed E-state index contributed by atoms with van der Waals surface area (Å²) in [6.45, 7) is 4.30. The van der Waals surface area contributed by atoms with Gasteiger partial charge in [-0.1, -0.05) is 36.4 Å². The van der Waals surface area contributed by atoms with Gasteiger partial charge in [-0.05, 0) is 30.5 Å². The fraction of sp³-hybridized carbons (Fsp3) is 0.364. The highest BCUT2D eigenvalue weighted by Gasteiger charge is 2.20. The second kappa shape index (κ2) is 8.93. The van der Waals surface area contributed by atoms with Gasteiger partial charge in [0, 0.05) is 45.2 Å². The monoisotopic (exact) mass is 362 g/mol. The highest BCUT2D eigenvalue weighted by atomic mass is 16.5. The molecule has 0 amide bonds. The van der Waals surface area contributed by atoms with Crippen molar-refractivity contribution in [3.05, 3.63) is 84.2 Å². The Hall–Kier alpha value is -2.50. The molecule has 1 atom stereocenters. The Morgan fingerprint density at radius 3 is 2.74 bits per heavy atom. The van der Waals surface area contributed by atoms with Gasteiger partial charge in [-0.25, -0.2) is 4.98 Å². The maximum Gasteiger partial charge on any atom is 0.0951 e. The van der Waals surface area contributed by atoms with Gasteiger partial charge in [0.05, 0.1) is 23.8 Å². The Bertz CT molecular complexity index is 813. The largest absolute Gasteiger partial charge is 0.377 e. The average Bonchev–Trinajstić information content (AvgIpc) is 3.36. The van der Waals surface area contributed by atoms with Gasteiger partial charge in [0.2, 0.25) is 0 Å². The lowest BCUT2D eigenvalue weighted by molar-refractivity contribution is 0.0667. The second-order valence-corrected chi connectivity index (χ2v) is 7.12. The second-order valence-electron chi connectivity index (χ2n) is 7.12. The zero-order valence-corrected chi connectivity index (χ0v) is 15.6. The normalized spacial score (nSPS) is 16.9. The SMILES string of the molecule is c1ccc(Cn2cncc2CN(Cc2ccccn2)C[C@@H]2CCCO2)cc1. The van der Waals surface area contributed by atoms with Crippen LogP contribution >= 0.6 is 0 Å². The predicted molar refractivity (Wildman–Crippen MR) is 105 cm³/mol. The Labute approximate surface area is 160 Å². The van der Waals surface area contributed by atoms with E-state index in [0.29, 0.717) is 6.10 Å². The van der Waals surface area contributed by atoms with Gasteiger partial charge in [-0.3, -0.25) is 9.88 Å². The van der Waals surface area contributed by atoms with Crippen LogP contribution in [0.5, 0.6) is 0 Å². The maximum atomic E-state index is 5.88. The van der Waals surface area contributed by atoms with E-state index in [1.807, 2.05) is 30.9 Å². The molecule has 1 saturated heterocycles. The summed E-state index contributed by atoms with van der Waals surface area (Å²) in [6.07, 6.45) is 8.38. The van der Waals surface area contributed by atoms with Gasteiger partial charge >= 0.3 is 0 Å². The number of imidazole rings is 1. The smallest absolute Gasteiger partial charge is 0.0951 e. The van der Waals surface area contributed by atoms with E-state index in [2.05, 4.69) is 55.8 Å². The molecule has 0 spiro atoms. The van der Waals surface area contributed by atoms with Crippen LogP contribution in [0.3, 0.4) is 0 Å². The molecule has 4 rings (SSSR count). The molecule has 0 N–H and O–H groups in total. The third kappa shape index (κ3) is 5.02. The number of hydrogen-bond donors (Lipinski definition) is 0. The van der Waals surface area contributed by atoms with Crippen molar-refractivity contribution in [1.29, 1.82) is 0 Å². The number of pyridine rings is 1. The van der Waals surface area contributed by atoms with Gasteiger partial charge in [0.15, 0.2) is 0 Å². The van der Waals surface area contributed by atoms with Crippen molar-refractivity contribution in [2.24, 2.45) is 0 Å². The summed E-state index contributed by atoms with van der Waals surface area (Å²) in [5.74, 6) is 0. The molecule has 1 aromatic carbocycles. The van der Waals surface area contributed by atoms with Gasteiger partial charge in [0.1, 0.15) is 0 Å². The molecule has 0 radical (unpaired) electrons.